The minimum absolute atomic E-state index is 0.216. The summed E-state index contributed by atoms with van der Waals surface area (Å²) >= 11 is 12.5. The van der Waals surface area contributed by atoms with Crippen LogP contribution in [0.2, 0.25) is 10.0 Å². The van der Waals surface area contributed by atoms with Gasteiger partial charge in [0.25, 0.3) is 0 Å². The normalized spacial score (nSPS) is 12.4. The molecule has 0 saturated carbocycles. The van der Waals surface area contributed by atoms with Crippen LogP contribution in [0.4, 0.5) is 0 Å². The number of hydrogen-bond donors (Lipinski definition) is 2. The first kappa shape index (κ1) is 15.3. The molecular formula is C16H18Cl2N2. The van der Waals surface area contributed by atoms with Crippen molar-refractivity contribution >= 4 is 23.2 Å². The monoisotopic (exact) mass is 308 g/mol. The zero-order valence-electron chi connectivity index (χ0n) is 11.4. The van der Waals surface area contributed by atoms with Gasteiger partial charge >= 0.3 is 0 Å². The Morgan fingerprint density at radius 3 is 2.15 bits per heavy atom. The second-order valence-electron chi connectivity index (χ2n) is 4.73. The van der Waals surface area contributed by atoms with Gasteiger partial charge in [-0.15, -0.1) is 0 Å². The summed E-state index contributed by atoms with van der Waals surface area (Å²) < 4.78 is 0. The molecule has 4 heteroatoms. The Bertz CT molecular complexity index is 547. The van der Waals surface area contributed by atoms with Crippen LogP contribution in [0.5, 0.6) is 0 Å². The van der Waals surface area contributed by atoms with E-state index in [1.807, 2.05) is 18.2 Å². The topological polar surface area (TPSA) is 38.0 Å². The molecule has 0 saturated heterocycles. The summed E-state index contributed by atoms with van der Waals surface area (Å²) in [7, 11) is 0. The van der Waals surface area contributed by atoms with Gasteiger partial charge in [-0.3, -0.25) is 5.84 Å². The molecule has 0 bridgehead atoms. The van der Waals surface area contributed by atoms with Crippen LogP contribution >= 0.6 is 23.2 Å². The molecule has 2 nitrogen and oxygen atoms in total. The Kier molecular flexibility index (Phi) is 5.44. The van der Waals surface area contributed by atoms with E-state index in [9.17, 15) is 0 Å². The Labute approximate surface area is 129 Å². The molecule has 0 radical (unpaired) electrons. The average Bonchev–Trinajstić information content (AvgIpc) is 2.45. The number of halogens is 2. The highest BCUT2D eigenvalue weighted by molar-refractivity contribution is 6.36. The lowest BCUT2D eigenvalue weighted by atomic mass is 9.97. The molecule has 0 amide bonds. The quantitative estimate of drug-likeness (QED) is 0.630. The summed E-state index contributed by atoms with van der Waals surface area (Å²) in [5.74, 6) is 5.70. The highest BCUT2D eigenvalue weighted by atomic mass is 35.5. The fraction of sp³-hybridized carbons (Fsp3) is 0.250. The lowest BCUT2D eigenvalue weighted by molar-refractivity contribution is 0.637. The molecule has 1 unspecified atom stereocenters. The fourth-order valence-corrected chi connectivity index (χ4v) is 2.91. The van der Waals surface area contributed by atoms with Crippen molar-refractivity contribution in [2.45, 2.75) is 25.8 Å². The summed E-state index contributed by atoms with van der Waals surface area (Å²) in [4.78, 5) is 0. The molecule has 3 N–H and O–H groups in total. The number of nitrogens with two attached hydrogens (primary N) is 1. The van der Waals surface area contributed by atoms with E-state index in [1.165, 1.54) is 5.56 Å². The Hall–Kier alpha value is -1.06. The van der Waals surface area contributed by atoms with Crippen LogP contribution in [-0.4, -0.2) is 0 Å². The van der Waals surface area contributed by atoms with Crippen LogP contribution < -0.4 is 11.3 Å². The summed E-state index contributed by atoms with van der Waals surface area (Å²) in [6.07, 6.45) is 2.21. The van der Waals surface area contributed by atoms with Gasteiger partial charge in [0, 0.05) is 15.6 Å². The summed E-state index contributed by atoms with van der Waals surface area (Å²) in [6, 6.07) is 13.6. The van der Waals surface area contributed by atoms with E-state index in [1.54, 1.807) is 0 Å². The number of hydrogen-bond acceptors (Lipinski definition) is 2. The maximum atomic E-state index is 6.25. The molecule has 0 spiro atoms. The van der Waals surface area contributed by atoms with Crippen molar-refractivity contribution in [3.8, 4) is 0 Å². The minimum Gasteiger partial charge on any atom is -0.271 e. The van der Waals surface area contributed by atoms with Crippen molar-refractivity contribution in [1.29, 1.82) is 0 Å². The molecule has 20 heavy (non-hydrogen) atoms. The number of aryl methyl sites for hydroxylation is 1. The van der Waals surface area contributed by atoms with Crippen LogP contribution in [0.1, 0.15) is 36.1 Å². The maximum absolute atomic E-state index is 6.25. The molecule has 1 atom stereocenters. The van der Waals surface area contributed by atoms with Gasteiger partial charge < -0.3 is 0 Å². The number of rotatable bonds is 5. The molecule has 2 aromatic carbocycles. The smallest absolute Gasteiger partial charge is 0.0739 e. The standard InChI is InChI=1S/C16H18Cl2N2/c1-2-4-11-7-9-12(10-8-11)16(20-19)15-13(17)5-3-6-14(15)18/h3,5-10,16,20H,2,4,19H2,1H3. The average molecular weight is 309 g/mol. The van der Waals surface area contributed by atoms with Crippen molar-refractivity contribution in [3.05, 3.63) is 69.2 Å². The zero-order chi connectivity index (χ0) is 14.5. The molecule has 0 aliphatic rings. The molecule has 0 heterocycles. The summed E-state index contributed by atoms with van der Waals surface area (Å²) in [5, 5.41) is 1.22. The molecule has 2 rings (SSSR count). The van der Waals surface area contributed by atoms with Crippen molar-refractivity contribution in [2.24, 2.45) is 5.84 Å². The Morgan fingerprint density at radius 1 is 1.05 bits per heavy atom. The highest BCUT2D eigenvalue weighted by Crippen LogP contribution is 2.33. The second-order valence-corrected chi connectivity index (χ2v) is 5.54. The van der Waals surface area contributed by atoms with Crippen LogP contribution in [0.25, 0.3) is 0 Å². The van der Waals surface area contributed by atoms with Gasteiger partial charge in [0.1, 0.15) is 0 Å². The number of benzene rings is 2. The van der Waals surface area contributed by atoms with E-state index in [0.717, 1.165) is 24.0 Å². The Morgan fingerprint density at radius 2 is 1.65 bits per heavy atom. The van der Waals surface area contributed by atoms with E-state index < -0.39 is 0 Å². The van der Waals surface area contributed by atoms with Gasteiger partial charge in [-0.05, 0) is 29.7 Å². The zero-order valence-corrected chi connectivity index (χ0v) is 12.9. The SMILES string of the molecule is CCCc1ccc(C(NN)c2c(Cl)cccc2Cl)cc1. The van der Waals surface area contributed by atoms with Crippen LogP contribution in [0, 0.1) is 0 Å². The van der Waals surface area contributed by atoms with E-state index in [-0.39, 0.29) is 6.04 Å². The van der Waals surface area contributed by atoms with E-state index >= 15 is 0 Å². The molecule has 0 fully saturated rings. The lowest BCUT2D eigenvalue weighted by Crippen LogP contribution is -2.29. The molecule has 2 aromatic rings. The van der Waals surface area contributed by atoms with Gasteiger partial charge in [0.05, 0.1) is 6.04 Å². The highest BCUT2D eigenvalue weighted by Gasteiger charge is 2.18. The van der Waals surface area contributed by atoms with E-state index in [2.05, 4.69) is 36.6 Å². The van der Waals surface area contributed by atoms with Crippen molar-refractivity contribution < 1.29 is 0 Å². The van der Waals surface area contributed by atoms with Gasteiger partial charge in [-0.25, -0.2) is 5.43 Å². The summed E-state index contributed by atoms with van der Waals surface area (Å²) in [6.45, 7) is 2.17. The summed E-state index contributed by atoms with van der Waals surface area (Å²) in [5.41, 5.74) is 5.97. The third-order valence-corrected chi connectivity index (χ3v) is 3.97. The second kappa shape index (κ2) is 7.09. The molecule has 106 valence electrons. The van der Waals surface area contributed by atoms with Gasteiger partial charge in [0.15, 0.2) is 0 Å². The maximum Gasteiger partial charge on any atom is 0.0739 e. The Balaban J connectivity index is 2.37. The fourth-order valence-electron chi connectivity index (χ4n) is 2.30. The number of hydrazine groups is 1. The first-order chi connectivity index (χ1) is 9.67. The van der Waals surface area contributed by atoms with E-state index in [0.29, 0.717) is 10.0 Å². The predicted molar refractivity (Wildman–Crippen MR) is 86.1 cm³/mol. The molecular weight excluding hydrogens is 291 g/mol. The first-order valence-corrected chi connectivity index (χ1v) is 7.41. The predicted octanol–water partition coefficient (Wildman–Crippen LogP) is 4.50. The van der Waals surface area contributed by atoms with Crippen molar-refractivity contribution in [3.63, 3.8) is 0 Å². The van der Waals surface area contributed by atoms with Crippen molar-refractivity contribution in [1.82, 2.24) is 5.43 Å². The van der Waals surface area contributed by atoms with Crippen molar-refractivity contribution in [2.75, 3.05) is 0 Å². The lowest BCUT2D eigenvalue weighted by Gasteiger charge is -2.20. The third kappa shape index (κ3) is 3.33. The van der Waals surface area contributed by atoms with Gasteiger partial charge in [0.2, 0.25) is 0 Å². The minimum atomic E-state index is -0.216. The van der Waals surface area contributed by atoms with Gasteiger partial charge in [-0.2, -0.15) is 0 Å². The molecule has 0 aliphatic heterocycles. The number of nitrogens with one attached hydrogen (secondary N) is 1. The van der Waals surface area contributed by atoms with Crippen LogP contribution in [0.3, 0.4) is 0 Å². The molecule has 0 aromatic heterocycles. The first-order valence-electron chi connectivity index (χ1n) is 6.66. The third-order valence-electron chi connectivity index (χ3n) is 3.31. The van der Waals surface area contributed by atoms with E-state index in [4.69, 9.17) is 29.0 Å². The molecule has 0 aliphatic carbocycles. The largest absolute Gasteiger partial charge is 0.271 e. The van der Waals surface area contributed by atoms with Crippen LogP contribution in [0.15, 0.2) is 42.5 Å². The van der Waals surface area contributed by atoms with Gasteiger partial charge in [-0.1, -0.05) is 66.9 Å². The van der Waals surface area contributed by atoms with Crippen LogP contribution in [-0.2, 0) is 6.42 Å².